The number of rotatable bonds is 5. The quantitative estimate of drug-likeness (QED) is 0.321. The molecular weight excluding hydrogens is 427 g/mol. The summed E-state index contributed by atoms with van der Waals surface area (Å²) < 4.78 is 5.18. The number of nitrogens with one attached hydrogen (secondary N) is 1. The summed E-state index contributed by atoms with van der Waals surface area (Å²) in [5.74, 6) is 2.34. The van der Waals surface area contributed by atoms with Crippen LogP contribution in [0.25, 0.3) is 0 Å². The normalized spacial score (nSPS) is 15.3. The monoisotopic (exact) mass is 452 g/mol. The van der Waals surface area contributed by atoms with Gasteiger partial charge in [-0.3, -0.25) is 9.79 Å². The van der Waals surface area contributed by atoms with E-state index in [-0.39, 0.29) is 29.9 Å². The Bertz CT molecular complexity index is 488. The van der Waals surface area contributed by atoms with Crippen LogP contribution in [0.2, 0.25) is 0 Å². The van der Waals surface area contributed by atoms with Crippen LogP contribution in [-0.2, 0) is 0 Å². The van der Waals surface area contributed by atoms with Crippen molar-refractivity contribution in [2.24, 2.45) is 4.99 Å². The van der Waals surface area contributed by atoms with Crippen molar-refractivity contribution in [1.29, 1.82) is 0 Å². The maximum absolute atomic E-state index is 12.2. The molecule has 1 fully saturated rings. The maximum atomic E-state index is 12.2. The molecule has 0 saturated carbocycles. The minimum absolute atomic E-state index is 0. The van der Waals surface area contributed by atoms with Gasteiger partial charge in [0.1, 0.15) is 0 Å². The molecule has 1 saturated heterocycles. The third-order valence-corrected chi connectivity index (χ3v) is 4.08. The average Bonchev–Trinajstić information content (AvgIpc) is 3.08. The second-order valence-corrected chi connectivity index (χ2v) is 5.97. The molecule has 1 aromatic rings. The lowest BCUT2D eigenvalue weighted by Crippen LogP contribution is -2.53. The van der Waals surface area contributed by atoms with Crippen molar-refractivity contribution in [2.45, 2.75) is 6.92 Å². The summed E-state index contributed by atoms with van der Waals surface area (Å²) >= 11 is 1.79. The number of carbonyl (C=O) groups excluding carboxylic acids is 1. The average molecular weight is 452 g/mol. The molecule has 0 bridgehead atoms. The number of aliphatic imine (C=N–C) groups is 1. The van der Waals surface area contributed by atoms with Crippen LogP contribution >= 0.6 is 35.7 Å². The van der Waals surface area contributed by atoms with E-state index in [2.05, 4.69) is 28.4 Å². The Balaban J connectivity index is 0.00000264. The van der Waals surface area contributed by atoms with Gasteiger partial charge in [0.2, 0.25) is 0 Å². The van der Waals surface area contributed by atoms with Gasteiger partial charge in [-0.15, -0.1) is 24.0 Å². The van der Waals surface area contributed by atoms with Crippen molar-refractivity contribution in [3.8, 4) is 0 Å². The highest BCUT2D eigenvalue weighted by Crippen LogP contribution is 2.09. The van der Waals surface area contributed by atoms with E-state index < -0.39 is 0 Å². The fourth-order valence-electron chi connectivity index (χ4n) is 2.35. The third-order valence-electron chi connectivity index (χ3n) is 3.49. The summed E-state index contributed by atoms with van der Waals surface area (Å²) in [6.45, 7) is 6.69. The fraction of sp³-hybridized carbons (Fsp3) is 0.600. The lowest BCUT2D eigenvalue weighted by molar-refractivity contribution is 0.0657. The van der Waals surface area contributed by atoms with Gasteiger partial charge in [0.05, 0.1) is 12.8 Å². The Labute approximate surface area is 159 Å². The number of halogens is 1. The molecule has 2 heterocycles. The van der Waals surface area contributed by atoms with Crippen molar-refractivity contribution >= 4 is 47.6 Å². The standard InChI is InChI=1S/C15H24N4O2S.HI/c1-3-16-15(17-6-12-22-2)19-9-7-18(8-10-19)14(20)13-5-4-11-21-13;/h4-5,11H,3,6-10,12H2,1-2H3,(H,16,17);1H. The summed E-state index contributed by atoms with van der Waals surface area (Å²) in [5.41, 5.74) is 0. The molecule has 0 unspecified atom stereocenters. The van der Waals surface area contributed by atoms with E-state index in [1.54, 1.807) is 23.9 Å². The van der Waals surface area contributed by atoms with Gasteiger partial charge >= 0.3 is 0 Å². The predicted octanol–water partition coefficient (Wildman–Crippen LogP) is 1.98. The van der Waals surface area contributed by atoms with Crippen molar-refractivity contribution in [3.05, 3.63) is 24.2 Å². The van der Waals surface area contributed by atoms with Crippen LogP contribution in [0.15, 0.2) is 27.8 Å². The molecule has 2 rings (SSSR count). The molecule has 1 aliphatic heterocycles. The zero-order valence-corrected chi connectivity index (χ0v) is 16.8. The van der Waals surface area contributed by atoms with Crippen molar-refractivity contribution < 1.29 is 9.21 Å². The number of carbonyl (C=O) groups is 1. The van der Waals surface area contributed by atoms with E-state index in [9.17, 15) is 4.79 Å². The number of hydrogen-bond acceptors (Lipinski definition) is 4. The molecule has 0 radical (unpaired) electrons. The highest BCUT2D eigenvalue weighted by atomic mass is 127. The van der Waals surface area contributed by atoms with Gasteiger partial charge in [0.25, 0.3) is 5.91 Å². The van der Waals surface area contributed by atoms with Crippen molar-refractivity contribution in [1.82, 2.24) is 15.1 Å². The molecule has 130 valence electrons. The number of amides is 1. The van der Waals surface area contributed by atoms with Crippen molar-refractivity contribution in [3.63, 3.8) is 0 Å². The molecule has 1 aliphatic rings. The summed E-state index contributed by atoms with van der Waals surface area (Å²) in [4.78, 5) is 20.9. The lowest BCUT2D eigenvalue weighted by Gasteiger charge is -2.36. The molecular formula is C15H25IN4O2S. The number of piperazine rings is 1. The smallest absolute Gasteiger partial charge is 0.289 e. The van der Waals surface area contributed by atoms with Crippen molar-refractivity contribution in [2.75, 3.05) is 51.3 Å². The van der Waals surface area contributed by atoms with Gasteiger partial charge in [-0.05, 0) is 25.3 Å². The zero-order chi connectivity index (χ0) is 15.8. The van der Waals surface area contributed by atoms with Crippen LogP contribution in [0.5, 0.6) is 0 Å². The maximum Gasteiger partial charge on any atom is 0.289 e. The number of thioether (sulfide) groups is 1. The first-order valence-corrected chi connectivity index (χ1v) is 9.00. The minimum atomic E-state index is -0.0334. The summed E-state index contributed by atoms with van der Waals surface area (Å²) in [6.07, 6.45) is 3.62. The van der Waals surface area contributed by atoms with E-state index >= 15 is 0 Å². The predicted molar refractivity (Wildman–Crippen MR) is 106 cm³/mol. The lowest BCUT2D eigenvalue weighted by atomic mass is 10.3. The van der Waals surface area contributed by atoms with Crippen LogP contribution in [0, 0.1) is 0 Å². The molecule has 1 aromatic heterocycles. The Kier molecular flexibility index (Phi) is 9.46. The number of hydrogen-bond donors (Lipinski definition) is 1. The summed E-state index contributed by atoms with van der Waals surface area (Å²) in [6, 6.07) is 3.45. The Morgan fingerprint density at radius 1 is 1.35 bits per heavy atom. The SMILES string of the molecule is CCNC(=NCCSC)N1CCN(C(=O)c2ccco2)CC1.I. The van der Waals surface area contributed by atoms with Crippen LogP contribution in [0.1, 0.15) is 17.5 Å². The van der Waals surface area contributed by atoms with E-state index in [0.29, 0.717) is 18.8 Å². The van der Waals surface area contributed by atoms with Gasteiger partial charge < -0.3 is 19.5 Å². The molecule has 0 spiro atoms. The highest BCUT2D eigenvalue weighted by Gasteiger charge is 2.24. The third kappa shape index (κ3) is 5.91. The first-order chi connectivity index (χ1) is 10.8. The minimum Gasteiger partial charge on any atom is -0.459 e. The van der Waals surface area contributed by atoms with Crippen LogP contribution in [0.4, 0.5) is 0 Å². The highest BCUT2D eigenvalue weighted by molar-refractivity contribution is 14.0. The van der Waals surface area contributed by atoms with Gasteiger partial charge in [-0.25, -0.2) is 0 Å². The molecule has 23 heavy (non-hydrogen) atoms. The van der Waals surface area contributed by atoms with E-state index in [4.69, 9.17) is 4.42 Å². The summed E-state index contributed by atoms with van der Waals surface area (Å²) in [5, 5.41) is 3.33. The molecule has 0 atom stereocenters. The number of nitrogens with zero attached hydrogens (tertiary/aromatic N) is 3. The second-order valence-electron chi connectivity index (χ2n) is 4.99. The molecule has 6 nitrogen and oxygen atoms in total. The first kappa shape index (κ1) is 20.1. The second kappa shape index (κ2) is 10.8. The van der Waals surface area contributed by atoms with Gasteiger partial charge in [0.15, 0.2) is 11.7 Å². The number of guanidine groups is 1. The topological polar surface area (TPSA) is 61.1 Å². The fourth-order valence-corrected chi connectivity index (χ4v) is 2.62. The molecule has 0 aromatic carbocycles. The van der Waals surface area contributed by atoms with E-state index in [0.717, 1.165) is 37.9 Å². The van der Waals surface area contributed by atoms with E-state index in [1.165, 1.54) is 6.26 Å². The molecule has 1 N–H and O–H groups in total. The van der Waals surface area contributed by atoms with Gasteiger partial charge in [-0.1, -0.05) is 0 Å². The first-order valence-electron chi connectivity index (χ1n) is 7.61. The van der Waals surface area contributed by atoms with Gasteiger partial charge in [0, 0.05) is 38.5 Å². The Morgan fingerprint density at radius 2 is 2.04 bits per heavy atom. The Hall–Kier alpha value is -0.900. The molecule has 0 aliphatic carbocycles. The number of furan rings is 1. The van der Waals surface area contributed by atoms with Crippen LogP contribution in [-0.4, -0.2) is 72.9 Å². The summed E-state index contributed by atoms with van der Waals surface area (Å²) in [7, 11) is 0. The molecule has 8 heteroatoms. The zero-order valence-electron chi connectivity index (χ0n) is 13.7. The van der Waals surface area contributed by atoms with Crippen LogP contribution in [0.3, 0.4) is 0 Å². The molecule has 1 amide bonds. The largest absolute Gasteiger partial charge is 0.459 e. The Morgan fingerprint density at radius 3 is 2.61 bits per heavy atom. The van der Waals surface area contributed by atoms with Gasteiger partial charge in [-0.2, -0.15) is 11.8 Å². The van der Waals surface area contributed by atoms with Crippen LogP contribution < -0.4 is 5.32 Å². The van der Waals surface area contributed by atoms with E-state index in [1.807, 2.05) is 4.90 Å².